The number of carbonyl (C=O) groups is 3. The maximum atomic E-state index is 13.1. The molecule has 1 amide bonds. The molecule has 2 saturated carbocycles. The highest BCUT2D eigenvalue weighted by molar-refractivity contribution is 7.17. The SMILES string of the molecule is CCCCOC(=O)c1c(NC(=O)[C@H]2[C@@H]3CC[C@@H](C3)[C@@H]2C(=O)[O-])sc2c1CCCC2. The number of hydrogen-bond acceptors (Lipinski definition) is 6. The second-order valence-electron chi connectivity index (χ2n) is 8.60. The molecule has 4 rings (SSSR count). The Balaban J connectivity index is 1.58. The first-order chi connectivity index (χ1) is 14.0. The molecule has 0 aliphatic heterocycles. The Morgan fingerprint density at radius 3 is 2.59 bits per heavy atom. The molecule has 158 valence electrons. The van der Waals surface area contributed by atoms with Crippen LogP contribution in [0.4, 0.5) is 5.00 Å². The molecule has 0 aromatic carbocycles. The topological polar surface area (TPSA) is 95.5 Å². The first kappa shape index (κ1) is 20.4. The monoisotopic (exact) mass is 418 g/mol. The lowest BCUT2D eigenvalue weighted by Gasteiger charge is -2.30. The van der Waals surface area contributed by atoms with Crippen LogP contribution in [0.3, 0.4) is 0 Å². The number of aryl methyl sites for hydroxylation is 1. The number of esters is 1. The molecule has 1 aromatic rings. The van der Waals surface area contributed by atoms with Gasteiger partial charge in [-0.05, 0) is 68.8 Å². The summed E-state index contributed by atoms with van der Waals surface area (Å²) in [4.78, 5) is 38.7. The number of aliphatic carboxylic acids is 1. The minimum atomic E-state index is -1.12. The van der Waals surface area contributed by atoms with Crippen LogP contribution in [0.25, 0.3) is 0 Å². The molecule has 2 fully saturated rings. The zero-order valence-electron chi connectivity index (χ0n) is 16.8. The third-order valence-corrected chi connectivity index (χ3v) is 8.04. The van der Waals surface area contributed by atoms with Crippen molar-refractivity contribution in [1.29, 1.82) is 0 Å². The number of ether oxygens (including phenoxy) is 1. The number of hydrogen-bond donors (Lipinski definition) is 1. The van der Waals surface area contributed by atoms with Crippen molar-refractivity contribution in [3.05, 3.63) is 16.0 Å². The molecule has 0 spiro atoms. The largest absolute Gasteiger partial charge is 0.550 e. The van der Waals surface area contributed by atoms with E-state index in [2.05, 4.69) is 5.32 Å². The molecule has 3 aliphatic rings. The van der Waals surface area contributed by atoms with Crippen LogP contribution in [-0.2, 0) is 27.2 Å². The van der Waals surface area contributed by atoms with E-state index in [1.165, 1.54) is 11.3 Å². The average molecular weight is 419 g/mol. The minimum absolute atomic E-state index is 0.0378. The Morgan fingerprint density at radius 2 is 1.86 bits per heavy atom. The normalized spacial score (nSPS) is 27.5. The van der Waals surface area contributed by atoms with Crippen LogP contribution in [0, 0.1) is 23.7 Å². The highest BCUT2D eigenvalue weighted by Crippen LogP contribution is 2.52. The van der Waals surface area contributed by atoms with Crippen LogP contribution in [0.15, 0.2) is 0 Å². The molecule has 3 aliphatic carbocycles. The summed E-state index contributed by atoms with van der Waals surface area (Å²) in [6.45, 7) is 2.40. The van der Waals surface area contributed by atoms with Crippen LogP contribution in [0.5, 0.6) is 0 Å². The van der Waals surface area contributed by atoms with Crippen LogP contribution in [0.1, 0.15) is 72.7 Å². The Bertz CT molecular complexity index is 816. The summed E-state index contributed by atoms with van der Waals surface area (Å²) in [7, 11) is 0. The van der Waals surface area contributed by atoms with Gasteiger partial charge in [0, 0.05) is 22.7 Å². The van der Waals surface area contributed by atoms with E-state index in [0.29, 0.717) is 17.2 Å². The third-order valence-electron chi connectivity index (χ3n) is 6.83. The quantitative estimate of drug-likeness (QED) is 0.543. The molecule has 1 N–H and O–H groups in total. The number of carbonyl (C=O) groups excluding carboxylic acids is 3. The number of carboxylic acid groups (broad SMARTS) is 1. The summed E-state index contributed by atoms with van der Waals surface area (Å²) in [5.41, 5.74) is 1.49. The van der Waals surface area contributed by atoms with Crippen LogP contribution < -0.4 is 10.4 Å². The van der Waals surface area contributed by atoms with E-state index in [1.807, 2.05) is 6.92 Å². The number of anilines is 1. The Morgan fingerprint density at radius 1 is 1.14 bits per heavy atom. The average Bonchev–Trinajstić information content (AvgIpc) is 3.40. The maximum Gasteiger partial charge on any atom is 0.341 e. The molecular weight excluding hydrogens is 390 g/mol. The molecule has 0 unspecified atom stereocenters. The predicted octanol–water partition coefficient (Wildman–Crippen LogP) is 2.93. The van der Waals surface area contributed by atoms with E-state index in [0.717, 1.165) is 68.2 Å². The number of carboxylic acids is 1. The molecule has 2 bridgehead atoms. The van der Waals surface area contributed by atoms with E-state index < -0.39 is 17.8 Å². The zero-order chi connectivity index (χ0) is 20.5. The van der Waals surface area contributed by atoms with E-state index in [4.69, 9.17) is 4.74 Å². The molecule has 1 heterocycles. The summed E-state index contributed by atoms with van der Waals surface area (Å²) in [5.74, 6) is -2.94. The Kier molecular flexibility index (Phi) is 5.95. The third kappa shape index (κ3) is 3.81. The summed E-state index contributed by atoms with van der Waals surface area (Å²) >= 11 is 1.45. The first-order valence-electron chi connectivity index (χ1n) is 10.8. The number of amides is 1. The van der Waals surface area contributed by atoms with Crippen molar-refractivity contribution in [2.45, 2.75) is 64.7 Å². The fourth-order valence-corrected chi connectivity index (χ4v) is 6.73. The standard InChI is InChI=1S/C22H29NO5S/c1-2-3-10-28-22(27)18-14-6-4-5-7-15(14)29-20(18)23-19(24)16-12-8-9-13(11-12)17(16)21(25)26/h12-13,16-17H,2-11H2,1H3,(H,23,24)(H,25,26)/p-1/t12-,13+,16+,17+/m1/s1. The van der Waals surface area contributed by atoms with Gasteiger partial charge in [-0.15, -0.1) is 11.3 Å². The fraction of sp³-hybridized carbons (Fsp3) is 0.682. The number of thiophene rings is 1. The van der Waals surface area contributed by atoms with E-state index in [1.54, 1.807) is 0 Å². The highest BCUT2D eigenvalue weighted by Gasteiger charge is 2.51. The molecular formula is C22H28NO5S-. The zero-order valence-corrected chi connectivity index (χ0v) is 17.6. The molecule has 4 atom stereocenters. The number of nitrogens with one attached hydrogen (secondary N) is 1. The number of fused-ring (bicyclic) bond motifs is 3. The summed E-state index contributed by atoms with van der Waals surface area (Å²) < 4.78 is 5.46. The minimum Gasteiger partial charge on any atom is -0.550 e. The van der Waals surface area contributed by atoms with Crippen molar-refractivity contribution >= 4 is 34.2 Å². The molecule has 6 nitrogen and oxygen atoms in total. The van der Waals surface area contributed by atoms with Crippen molar-refractivity contribution < 1.29 is 24.2 Å². The van der Waals surface area contributed by atoms with Gasteiger partial charge < -0.3 is 20.0 Å². The number of unbranched alkanes of at least 4 members (excludes halogenated alkanes) is 1. The van der Waals surface area contributed by atoms with E-state index in [-0.39, 0.29) is 23.7 Å². The molecule has 0 radical (unpaired) electrons. The van der Waals surface area contributed by atoms with E-state index >= 15 is 0 Å². The lowest BCUT2D eigenvalue weighted by Crippen LogP contribution is -2.44. The van der Waals surface area contributed by atoms with Gasteiger partial charge in [0.25, 0.3) is 0 Å². The molecule has 7 heteroatoms. The predicted molar refractivity (Wildman–Crippen MR) is 108 cm³/mol. The van der Waals surface area contributed by atoms with Gasteiger partial charge in [0.05, 0.1) is 12.2 Å². The van der Waals surface area contributed by atoms with Crippen molar-refractivity contribution in [1.82, 2.24) is 0 Å². The molecule has 0 saturated heterocycles. The highest BCUT2D eigenvalue weighted by atomic mass is 32.1. The van der Waals surface area contributed by atoms with Crippen LogP contribution in [-0.4, -0.2) is 24.5 Å². The molecule has 29 heavy (non-hydrogen) atoms. The van der Waals surface area contributed by atoms with Crippen LogP contribution >= 0.6 is 11.3 Å². The Labute approximate surface area is 175 Å². The van der Waals surface area contributed by atoms with Crippen molar-refractivity contribution in [3.63, 3.8) is 0 Å². The van der Waals surface area contributed by atoms with Gasteiger partial charge in [-0.25, -0.2) is 4.79 Å². The van der Waals surface area contributed by atoms with Gasteiger partial charge in [-0.2, -0.15) is 0 Å². The summed E-state index contributed by atoms with van der Waals surface area (Å²) in [6, 6.07) is 0. The van der Waals surface area contributed by atoms with Crippen LogP contribution in [0.2, 0.25) is 0 Å². The fourth-order valence-electron chi connectivity index (χ4n) is 5.45. The van der Waals surface area contributed by atoms with Gasteiger partial charge in [-0.3, -0.25) is 4.79 Å². The van der Waals surface area contributed by atoms with Crippen molar-refractivity contribution in [3.8, 4) is 0 Å². The smallest absolute Gasteiger partial charge is 0.341 e. The lowest BCUT2D eigenvalue weighted by molar-refractivity contribution is -0.314. The van der Waals surface area contributed by atoms with Gasteiger partial charge in [-0.1, -0.05) is 13.3 Å². The second-order valence-corrected chi connectivity index (χ2v) is 9.70. The summed E-state index contributed by atoms with van der Waals surface area (Å²) in [5, 5.41) is 15.1. The van der Waals surface area contributed by atoms with Crippen molar-refractivity contribution in [2.24, 2.45) is 23.7 Å². The van der Waals surface area contributed by atoms with Crippen molar-refractivity contribution in [2.75, 3.05) is 11.9 Å². The summed E-state index contributed by atoms with van der Waals surface area (Å²) in [6.07, 6.45) is 8.08. The second kappa shape index (κ2) is 8.46. The van der Waals surface area contributed by atoms with Gasteiger partial charge >= 0.3 is 5.97 Å². The number of rotatable bonds is 7. The van der Waals surface area contributed by atoms with Gasteiger partial charge in [0.15, 0.2) is 0 Å². The van der Waals surface area contributed by atoms with E-state index in [9.17, 15) is 19.5 Å². The first-order valence-corrected chi connectivity index (χ1v) is 11.7. The maximum absolute atomic E-state index is 13.1. The lowest BCUT2D eigenvalue weighted by atomic mass is 9.78. The Hall–Kier alpha value is -1.89. The van der Waals surface area contributed by atoms with Gasteiger partial charge in [0.1, 0.15) is 5.00 Å². The van der Waals surface area contributed by atoms with Gasteiger partial charge in [0.2, 0.25) is 5.91 Å². The molecule has 1 aromatic heterocycles.